The van der Waals surface area contributed by atoms with Gasteiger partial charge in [-0.3, -0.25) is 9.59 Å². The second kappa shape index (κ2) is 7.32. The lowest BCUT2D eigenvalue weighted by atomic mass is 9.54. The summed E-state index contributed by atoms with van der Waals surface area (Å²) in [6.07, 6.45) is 7.58. The average Bonchev–Trinajstić information content (AvgIpc) is 3.47. The van der Waals surface area contributed by atoms with Gasteiger partial charge in [0.25, 0.3) is 0 Å². The number of hydrogen-bond donors (Lipinski definition) is 0. The summed E-state index contributed by atoms with van der Waals surface area (Å²) in [5.74, 6) is 2.25. The van der Waals surface area contributed by atoms with Crippen LogP contribution in [0.3, 0.4) is 0 Å². The Morgan fingerprint density at radius 3 is 1.94 bits per heavy atom. The number of ketones is 1. The summed E-state index contributed by atoms with van der Waals surface area (Å²) >= 11 is 0. The first-order valence-corrected chi connectivity index (χ1v) is 12.0. The van der Waals surface area contributed by atoms with Gasteiger partial charge in [0.15, 0.2) is 5.78 Å². The molecule has 0 radical (unpaired) electrons. The lowest BCUT2D eigenvalue weighted by Crippen LogP contribution is -2.53. The molecule has 0 amide bonds. The highest BCUT2D eigenvalue weighted by Gasteiger charge is 2.60. The zero-order valence-corrected chi connectivity index (χ0v) is 17.9. The molecule has 2 aromatic carbocycles. The Morgan fingerprint density at radius 1 is 0.806 bits per heavy atom. The summed E-state index contributed by atoms with van der Waals surface area (Å²) in [6, 6.07) is 19.7. The van der Waals surface area contributed by atoms with Crippen LogP contribution in [0.1, 0.15) is 66.8 Å². The first-order valence-electron chi connectivity index (χ1n) is 12.0. The van der Waals surface area contributed by atoms with Crippen LogP contribution in [0, 0.1) is 29.6 Å². The van der Waals surface area contributed by atoms with E-state index >= 15 is 0 Å². The van der Waals surface area contributed by atoms with Gasteiger partial charge in [0.1, 0.15) is 5.60 Å². The van der Waals surface area contributed by atoms with Crippen LogP contribution in [0.5, 0.6) is 0 Å². The van der Waals surface area contributed by atoms with Crippen LogP contribution in [0.25, 0.3) is 0 Å². The van der Waals surface area contributed by atoms with Crippen molar-refractivity contribution >= 4 is 11.8 Å². The van der Waals surface area contributed by atoms with Crippen molar-refractivity contribution in [3.63, 3.8) is 0 Å². The first kappa shape index (κ1) is 19.3. The van der Waals surface area contributed by atoms with Crippen molar-refractivity contribution in [2.24, 2.45) is 29.6 Å². The van der Waals surface area contributed by atoms with E-state index in [0.29, 0.717) is 6.42 Å². The van der Waals surface area contributed by atoms with Crippen LogP contribution < -0.4 is 0 Å². The molecule has 0 unspecified atom stereocenters. The molecular formula is C28H30O3. The van der Waals surface area contributed by atoms with Crippen molar-refractivity contribution in [1.29, 1.82) is 0 Å². The fraction of sp³-hybridized carbons (Fsp3) is 0.500. The molecule has 31 heavy (non-hydrogen) atoms. The van der Waals surface area contributed by atoms with E-state index in [9.17, 15) is 9.59 Å². The summed E-state index contributed by atoms with van der Waals surface area (Å²) in [5.41, 5.74) is 1.67. The van der Waals surface area contributed by atoms with E-state index in [1.807, 2.05) is 48.5 Å². The van der Waals surface area contributed by atoms with E-state index in [4.69, 9.17) is 4.74 Å². The predicted molar refractivity (Wildman–Crippen MR) is 119 cm³/mol. The molecule has 5 aliphatic carbocycles. The van der Waals surface area contributed by atoms with Crippen LogP contribution in [0.2, 0.25) is 0 Å². The zero-order valence-electron chi connectivity index (χ0n) is 17.9. The number of hydrogen-bond acceptors (Lipinski definition) is 3. The molecule has 3 heteroatoms. The van der Waals surface area contributed by atoms with Gasteiger partial charge in [-0.15, -0.1) is 0 Å². The first-order chi connectivity index (χ1) is 15.1. The van der Waals surface area contributed by atoms with Crippen LogP contribution in [-0.2, 0) is 9.53 Å². The number of ether oxygens (including phenoxy) is 1. The summed E-state index contributed by atoms with van der Waals surface area (Å²) in [6.45, 7) is 0. The minimum absolute atomic E-state index is 0.0384. The second-order valence-electron chi connectivity index (χ2n) is 10.6. The number of esters is 1. The maximum Gasteiger partial charge on any atom is 0.310 e. The normalized spacial score (nSPS) is 37.4. The SMILES string of the molecule is O=C(C[C@H]1[C@@H](C(=O)OC23CC4CC(CC(C4)C2)C3)[C@@H]1c1ccccc1)c1ccccc1. The third-order valence-electron chi connectivity index (χ3n) is 8.44. The highest BCUT2D eigenvalue weighted by Crippen LogP contribution is 2.60. The van der Waals surface area contributed by atoms with Gasteiger partial charge in [-0.05, 0) is 67.8 Å². The quantitative estimate of drug-likeness (QED) is 0.443. The molecule has 5 fully saturated rings. The third-order valence-corrected chi connectivity index (χ3v) is 8.44. The maximum absolute atomic E-state index is 13.5. The van der Waals surface area contributed by atoms with E-state index < -0.39 is 0 Å². The average molecular weight is 415 g/mol. The minimum Gasteiger partial charge on any atom is -0.459 e. The van der Waals surface area contributed by atoms with Crippen LogP contribution in [0.15, 0.2) is 60.7 Å². The van der Waals surface area contributed by atoms with Crippen LogP contribution in [0.4, 0.5) is 0 Å². The predicted octanol–water partition coefficient (Wildman–Crippen LogP) is 5.80. The Bertz CT molecular complexity index is 945. The Kier molecular flexibility index (Phi) is 4.55. The van der Waals surface area contributed by atoms with Crippen LogP contribution >= 0.6 is 0 Å². The van der Waals surface area contributed by atoms with E-state index in [1.54, 1.807) is 0 Å². The van der Waals surface area contributed by atoms with E-state index in [-0.39, 0.29) is 35.1 Å². The lowest BCUT2D eigenvalue weighted by Gasteiger charge is -2.55. The van der Waals surface area contributed by atoms with Gasteiger partial charge in [-0.1, -0.05) is 60.7 Å². The molecule has 0 aromatic heterocycles. The fourth-order valence-electron chi connectivity index (χ4n) is 7.47. The number of benzene rings is 2. The summed E-state index contributed by atoms with van der Waals surface area (Å²) in [5, 5.41) is 0. The van der Waals surface area contributed by atoms with Gasteiger partial charge >= 0.3 is 5.97 Å². The monoisotopic (exact) mass is 414 g/mol. The van der Waals surface area contributed by atoms with Crippen molar-refractivity contribution in [3.8, 4) is 0 Å². The molecular weight excluding hydrogens is 384 g/mol. The molecule has 160 valence electrons. The van der Waals surface area contributed by atoms with Gasteiger partial charge in [-0.2, -0.15) is 0 Å². The molecule has 4 bridgehead atoms. The minimum atomic E-state index is -0.219. The maximum atomic E-state index is 13.5. The Morgan fingerprint density at radius 2 is 1.35 bits per heavy atom. The molecule has 0 aliphatic heterocycles. The van der Waals surface area contributed by atoms with Crippen LogP contribution in [-0.4, -0.2) is 17.4 Å². The highest BCUT2D eigenvalue weighted by molar-refractivity contribution is 5.97. The molecule has 5 aliphatic rings. The molecule has 3 nitrogen and oxygen atoms in total. The molecule has 2 aromatic rings. The van der Waals surface area contributed by atoms with E-state index in [1.165, 1.54) is 19.3 Å². The largest absolute Gasteiger partial charge is 0.459 e. The summed E-state index contributed by atoms with van der Waals surface area (Å²) in [4.78, 5) is 26.4. The van der Waals surface area contributed by atoms with Crippen molar-refractivity contribution < 1.29 is 14.3 Å². The number of Topliss-reactive ketones (excluding diaryl/α,β-unsaturated/α-hetero) is 1. The van der Waals surface area contributed by atoms with Crippen molar-refractivity contribution in [2.45, 2.75) is 56.5 Å². The number of carbonyl (C=O) groups is 2. The number of carbonyl (C=O) groups excluding carboxylic acids is 2. The molecule has 3 atom stereocenters. The van der Waals surface area contributed by atoms with E-state index in [2.05, 4.69) is 12.1 Å². The topological polar surface area (TPSA) is 43.4 Å². The molecule has 5 saturated carbocycles. The number of rotatable bonds is 6. The van der Waals surface area contributed by atoms with Gasteiger partial charge < -0.3 is 4.74 Å². The standard InChI is InChI=1S/C28H30O3/c29-24(21-7-3-1-4-8-21)14-23-25(22-9-5-2-6-10-22)26(23)27(30)31-28-15-18-11-19(16-28)13-20(12-18)17-28/h1-10,18-20,23,25-26H,11-17H2/t18?,19?,20?,23-,25-,26-,28?/m1/s1. The zero-order chi connectivity index (χ0) is 21.0. The van der Waals surface area contributed by atoms with Gasteiger partial charge in [0.2, 0.25) is 0 Å². The summed E-state index contributed by atoms with van der Waals surface area (Å²) in [7, 11) is 0. The van der Waals surface area contributed by atoms with E-state index in [0.717, 1.165) is 48.1 Å². The molecule has 7 rings (SSSR count). The summed E-state index contributed by atoms with van der Waals surface area (Å²) < 4.78 is 6.39. The fourth-order valence-corrected chi connectivity index (χ4v) is 7.47. The molecule has 0 heterocycles. The van der Waals surface area contributed by atoms with Crippen molar-refractivity contribution in [1.82, 2.24) is 0 Å². The Hall–Kier alpha value is -2.42. The highest BCUT2D eigenvalue weighted by atomic mass is 16.6. The van der Waals surface area contributed by atoms with Gasteiger partial charge in [0.05, 0.1) is 5.92 Å². The molecule has 0 spiro atoms. The van der Waals surface area contributed by atoms with Gasteiger partial charge in [0, 0.05) is 17.9 Å². The van der Waals surface area contributed by atoms with Crippen molar-refractivity contribution in [3.05, 3.63) is 71.8 Å². The second-order valence-corrected chi connectivity index (χ2v) is 10.6. The molecule has 0 N–H and O–H groups in total. The van der Waals surface area contributed by atoms with Gasteiger partial charge in [-0.25, -0.2) is 0 Å². The lowest BCUT2D eigenvalue weighted by molar-refractivity contribution is -0.188. The third kappa shape index (κ3) is 3.52. The smallest absolute Gasteiger partial charge is 0.310 e. The Balaban J connectivity index is 1.21. The Labute approximate surface area is 184 Å². The molecule has 0 saturated heterocycles. The van der Waals surface area contributed by atoms with Crippen molar-refractivity contribution in [2.75, 3.05) is 0 Å².